The minimum Gasteiger partial charge on any atom is -0.388 e. The van der Waals surface area contributed by atoms with Crippen molar-refractivity contribution in [3.63, 3.8) is 0 Å². The topological polar surface area (TPSA) is 29.1 Å². The second-order valence-corrected chi connectivity index (χ2v) is 4.25. The third kappa shape index (κ3) is 1.51. The standard InChI is InChI=1S/C11H11NOS/c1-7(13)11-6-8-5-9(12-2)3-4-10(8)14-11/h3-6,12H,1-2H3. The van der Waals surface area contributed by atoms with Gasteiger partial charge in [-0.15, -0.1) is 11.3 Å². The second-order valence-electron chi connectivity index (χ2n) is 3.17. The lowest BCUT2D eigenvalue weighted by Gasteiger charge is -1.97. The van der Waals surface area contributed by atoms with Gasteiger partial charge in [0.2, 0.25) is 0 Å². The Balaban J connectivity index is 2.60. The molecule has 0 aliphatic rings. The zero-order chi connectivity index (χ0) is 10.1. The van der Waals surface area contributed by atoms with E-state index in [0.717, 1.165) is 20.7 Å². The quantitative estimate of drug-likeness (QED) is 0.763. The van der Waals surface area contributed by atoms with Crippen LogP contribution in [-0.4, -0.2) is 12.8 Å². The highest BCUT2D eigenvalue weighted by Crippen LogP contribution is 2.28. The van der Waals surface area contributed by atoms with Crippen LogP contribution in [0.1, 0.15) is 16.6 Å². The monoisotopic (exact) mass is 205 g/mol. The molecule has 1 aromatic carbocycles. The predicted octanol–water partition coefficient (Wildman–Crippen LogP) is 3.15. The summed E-state index contributed by atoms with van der Waals surface area (Å²) in [4.78, 5) is 12.0. The molecule has 0 aliphatic carbocycles. The fourth-order valence-corrected chi connectivity index (χ4v) is 2.31. The van der Waals surface area contributed by atoms with Crippen LogP contribution < -0.4 is 5.32 Å². The van der Waals surface area contributed by atoms with E-state index >= 15 is 0 Å². The average molecular weight is 205 g/mol. The molecule has 0 saturated carbocycles. The summed E-state index contributed by atoms with van der Waals surface area (Å²) in [6.07, 6.45) is 0. The van der Waals surface area contributed by atoms with Crippen LogP contribution in [0.2, 0.25) is 0 Å². The van der Waals surface area contributed by atoms with Crippen molar-refractivity contribution in [2.75, 3.05) is 12.4 Å². The van der Waals surface area contributed by atoms with Crippen molar-refractivity contribution in [1.29, 1.82) is 0 Å². The van der Waals surface area contributed by atoms with E-state index in [1.54, 1.807) is 18.3 Å². The molecule has 0 spiro atoms. The Morgan fingerprint density at radius 2 is 2.14 bits per heavy atom. The molecule has 0 saturated heterocycles. The van der Waals surface area contributed by atoms with Crippen molar-refractivity contribution in [3.8, 4) is 0 Å². The van der Waals surface area contributed by atoms with Gasteiger partial charge in [0.15, 0.2) is 5.78 Å². The van der Waals surface area contributed by atoms with E-state index in [9.17, 15) is 4.79 Å². The summed E-state index contributed by atoms with van der Waals surface area (Å²) < 4.78 is 1.16. The van der Waals surface area contributed by atoms with Gasteiger partial charge in [0, 0.05) is 17.4 Å². The van der Waals surface area contributed by atoms with E-state index in [4.69, 9.17) is 0 Å². The highest BCUT2D eigenvalue weighted by Gasteiger charge is 2.05. The Bertz CT molecular complexity index is 487. The van der Waals surface area contributed by atoms with Crippen molar-refractivity contribution in [3.05, 3.63) is 29.1 Å². The number of nitrogens with one attached hydrogen (secondary N) is 1. The number of thiophene rings is 1. The molecule has 2 nitrogen and oxygen atoms in total. The zero-order valence-corrected chi connectivity index (χ0v) is 8.94. The summed E-state index contributed by atoms with van der Waals surface area (Å²) in [7, 11) is 1.89. The van der Waals surface area contributed by atoms with Gasteiger partial charge in [-0.05, 0) is 36.6 Å². The number of carbonyl (C=O) groups excluding carboxylic acids is 1. The summed E-state index contributed by atoms with van der Waals surface area (Å²) in [6.45, 7) is 1.60. The molecule has 14 heavy (non-hydrogen) atoms. The van der Waals surface area contributed by atoms with Gasteiger partial charge in [-0.1, -0.05) is 0 Å². The number of hydrogen-bond donors (Lipinski definition) is 1. The lowest BCUT2D eigenvalue weighted by atomic mass is 10.2. The number of rotatable bonds is 2. The van der Waals surface area contributed by atoms with Crippen LogP contribution in [0.4, 0.5) is 5.69 Å². The minimum absolute atomic E-state index is 0.136. The first-order valence-electron chi connectivity index (χ1n) is 4.43. The maximum absolute atomic E-state index is 11.2. The van der Waals surface area contributed by atoms with Crippen molar-refractivity contribution in [2.24, 2.45) is 0 Å². The highest BCUT2D eigenvalue weighted by atomic mass is 32.1. The SMILES string of the molecule is CNc1ccc2sc(C(C)=O)cc2c1. The van der Waals surface area contributed by atoms with Gasteiger partial charge >= 0.3 is 0 Å². The molecule has 2 aromatic rings. The third-order valence-corrected chi connectivity index (χ3v) is 3.37. The van der Waals surface area contributed by atoms with Crippen LogP contribution >= 0.6 is 11.3 Å². The first-order chi connectivity index (χ1) is 6.70. The Labute approximate surface area is 86.6 Å². The number of anilines is 1. The number of carbonyl (C=O) groups is 1. The Morgan fingerprint density at radius 1 is 1.36 bits per heavy atom. The lowest BCUT2D eigenvalue weighted by molar-refractivity contribution is 0.102. The molecule has 0 radical (unpaired) electrons. The van der Waals surface area contributed by atoms with E-state index in [1.807, 2.05) is 25.2 Å². The molecule has 72 valence electrons. The van der Waals surface area contributed by atoms with Crippen LogP contribution in [0.5, 0.6) is 0 Å². The molecule has 3 heteroatoms. The number of ketones is 1. The third-order valence-electron chi connectivity index (χ3n) is 2.15. The normalized spacial score (nSPS) is 10.4. The first kappa shape index (κ1) is 9.21. The highest BCUT2D eigenvalue weighted by molar-refractivity contribution is 7.20. The molecule has 2 rings (SSSR count). The molecule has 0 fully saturated rings. The number of hydrogen-bond acceptors (Lipinski definition) is 3. The van der Waals surface area contributed by atoms with Gasteiger partial charge in [0.25, 0.3) is 0 Å². The fourth-order valence-electron chi connectivity index (χ4n) is 1.37. The van der Waals surface area contributed by atoms with Crippen molar-refractivity contribution in [1.82, 2.24) is 0 Å². The molecule has 0 atom stereocenters. The largest absolute Gasteiger partial charge is 0.388 e. The predicted molar refractivity (Wildman–Crippen MR) is 61.4 cm³/mol. The zero-order valence-electron chi connectivity index (χ0n) is 8.13. The number of benzene rings is 1. The maximum Gasteiger partial charge on any atom is 0.169 e. The van der Waals surface area contributed by atoms with Crippen molar-refractivity contribution in [2.45, 2.75) is 6.92 Å². The maximum atomic E-state index is 11.2. The molecule has 0 aliphatic heterocycles. The Kier molecular flexibility index (Phi) is 2.25. The van der Waals surface area contributed by atoms with E-state index in [2.05, 4.69) is 11.4 Å². The Hall–Kier alpha value is -1.35. The summed E-state index contributed by atoms with van der Waals surface area (Å²) in [6, 6.07) is 8.06. The van der Waals surface area contributed by atoms with Crippen molar-refractivity contribution >= 4 is 32.9 Å². The molecule has 1 heterocycles. The molecule has 0 amide bonds. The molecular weight excluding hydrogens is 194 g/mol. The molecule has 1 N–H and O–H groups in total. The Morgan fingerprint density at radius 3 is 2.79 bits per heavy atom. The smallest absolute Gasteiger partial charge is 0.169 e. The molecule has 0 bridgehead atoms. The van der Waals surface area contributed by atoms with Crippen LogP contribution in [0.15, 0.2) is 24.3 Å². The van der Waals surface area contributed by atoms with Gasteiger partial charge < -0.3 is 5.32 Å². The van der Waals surface area contributed by atoms with Crippen LogP contribution in [0, 0.1) is 0 Å². The van der Waals surface area contributed by atoms with Crippen molar-refractivity contribution < 1.29 is 4.79 Å². The van der Waals surface area contributed by atoms with Gasteiger partial charge in [0.05, 0.1) is 4.88 Å². The van der Waals surface area contributed by atoms with Gasteiger partial charge in [-0.2, -0.15) is 0 Å². The van der Waals surface area contributed by atoms with Crippen LogP contribution in [-0.2, 0) is 0 Å². The van der Waals surface area contributed by atoms with Gasteiger partial charge in [-0.25, -0.2) is 0 Å². The molecule has 1 aromatic heterocycles. The molecular formula is C11H11NOS. The van der Waals surface area contributed by atoms with E-state index < -0.39 is 0 Å². The fraction of sp³-hybridized carbons (Fsp3) is 0.182. The van der Waals surface area contributed by atoms with Gasteiger partial charge in [0.1, 0.15) is 0 Å². The molecule has 0 unspecified atom stereocenters. The van der Waals surface area contributed by atoms with Crippen LogP contribution in [0.25, 0.3) is 10.1 Å². The van der Waals surface area contributed by atoms with E-state index in [1.165, 1.54) is 0 Å². The summed E-state index contributed by atoms with van der Waals surface area (Å²) in [5.74, 6) is 0.136. The van der Waals surface area contributed by atoms with E-state index in [-0.39, 0.29) is 5.78 Å². The summed E-state index contributed by atoms with van der Waals surface area (Å²) >= 11 is 1.55. The number of Topliss-reactive ketones (excluding diaryl/α,β-unsaturated/α-hetero) is 1. The minimum atomic E-state index is 0.136. The number of fused-ring (bicyclic) bond motifs is 1. The lowest BCUT2D eigenvalue weighted by Crippen LogP contribution is -1.85. The second kappa shape index (κ2) is 3.42. The van der Waals surface area contributed by atoms with Crippen LogP contribution in [0.3, 0.4) is 0 Å². The van der Waals surface area contributed by atoms with E-state index in [0.29, 0.717) is 0 Å². The summed E-state index contributed by atoms with van der Waals surface area (Å²) in [5.41, 5.74) is 1.07. The average Bonchev–Trinajstić information content (AvgIpc) is 2.59. The first-order valence-corrected chi connectivity index (χ1v) is 5.24. The summed E-state index contributed by atoms with van der Waals surface area (Å²) in [5, 5.41) is 4.21. The van der Waals surface area contributed by atoms with Gasteiger partial charge in [-0.3, -0.25) is 4.79 Å².